The standard InChI is InChI=1S/C22H17N.C22H15N.C20H13NO.C20H13NS.C14H11N.C12H9NO.C12H9NS/c2*1-3-7-17-13-21-19(11-15(17)5-1)9-10-20-12-16-6-2-4-8-18(16)14-22(20)23-21;2*1-3-7-15-11-19-17(9-13(15)5-1)21-18-10-14-6-2-4-8-16(14)12-20(18)22-19;1-3-7-13-11(5-1)9-10-12-6-2-4-8-14(12)15-13;2*1-3-7-11-9(5-1)13-10-6-2-4-8-12(10)14-11/h1-8,11-14,23H,9-10H2;1-14,23H;2*1-12,21H;1-10,15H;2*1-8,13H. The van der Waals surface area contributed by atoms with E-state index in [2.05, 4.69) is 426 Å². The number of para-hydroxylation sites is 8. The van der Waals surface area contributed by atoms with E-state index in [1.165, 1.54) is 185 Å². The predicted molar refractivity (Wildman–Crippen MR) is 567 cm³/mol. The van der Waals surface area contributed by atoms with Gasteiger partial charge in [0.1, 0.15) is 0 Å². The van der Waals surface area contributed by atoms with Crippen molar-refractivity contribution in [2.45, 2.75) is 32.4 Å². The third-order valence-corrected chi connectivity index (χ3v) is 27.2. The molecule has 0 saturated carbocycles. The van der Waals surface area contributed by atoms with Gasteiger partial charge in [-0.05, 0) is 290 Å². The molecule has 0 bridgehead atoms. The van der Waals surface area contributed by atoms with Gasteiger partial charge in [-0.1, -0.05) is 327 Å². The number of rotatable bonds is 0. The molecule has 0 spiro atoms. The fourth-order valence-corrected chi connectivity index (χ4v) is 20.1. The third-order valence-electron chi connectivity index (χ3n) is 25.0. The molecule has 7 N–H and O–H groups in total. The van der Waals surface area contributed by atoms with Crippen molar-refractivity contribution in [3.63, 3.8) is 0 Å². The topological polar surface area (TPSA) is 103 Å². The third kappa shape index (κ3) is 17.3. The van der Waals surface area contributed by atoms with Crippen molar-refractivity contribution < 1.29 is 9.47 Å². The molecule has 0 atom stereocenters. The van der Waals surface area contributed by atoms with Crippen LogP contribution in [0, 0.1) is 0 Å². The molecule has 0 fully saturated rings. The summed E-state index contributed by atoms with van der Waals surface area (Å²) in [5.41, 5.74) is 23.8. The molecule has 7 aliphatic heterocycles. The number of anilines is 14. The van der Waals surface area contributed by atoms with E-state index in [1.54, 1.807) is 0 Å². The quantitative estimate of drug-likeness (QED) is 0.0790. The SMILES string of the molecule is C1=Cc2cc3ccccc3cc2Nc2cc3ccccc3cc21.C1=Cc2ccccc2Nc2ccccc21.c1ccc2c(c1)Nc1ccccc1O2.c1ccc2c(c1)Nc1ccccc1S2.c1ccc2cc3c(cc2c1)CCc1cc2ccccc2cc1N3.c1ccc2cc3c(cc2c1)Nc1cc2ccccc2cc1O3.c1ccc2cc3c(cc2c1)Nc1cc2ccccc2cc1S3. The highest BCUT2D eigenvalue weighted by atomic mass is 32.2. The normalized spacial score (nSPS) is 12.6. The summed E-state index contributed by atoms with van der Waals surface area (Å²) in [5, 5.41) is 44.8. The molecule has 0 radical (unpaired) electrons. The van der Waals surface area contributed by atoms with E-state index in [9.17, 15) is 0 Å². The average Bonchev–Trinajstić information content (AvgIpc) is 1.73. The van der Waals surface area contributed by atoms with Gasteiger partial charge in [0.2, 0.25) is 0 Å². The van der Waals surface area contributed by atoms with E-state index in [0.717, 1.165) is 70.0 Å². The Kier molecular flexibility index (Phi) is 21.9. The highest BCUT2D eigenvalue weighted by Gasteiger charge is 2.23. The van der Waals surface area contributed by atoms with E-state index < -0.39 is 0 Å². The van der Waals surface area contributed by atoms with Gasteiger partial charge in [-0.15, -0.1) is 0 Å². The molecule has 29 rings (SSSR count). The fourth-order valence-electron chi connectivity index (χ4n) is 18.1. The minimum Gasteiger partial charge on any atom is -0.453 e. The summed E-state index contributed by atoms with van der Waals surface area (Å²) in [6.07, 6.45) is 10.9. The Balaban J connectivity index is 0.0000000886. The van der Waals surface area contributed by atoms with Crippen LogP contribution in [0.4, 0.5) is 79.6 Å². The zero-order chi connectivity index (χ0) is 88.3. The van der Waals surface area contributed by atoms with E-state index >= 15 is 0 Å². The van der Waals surface area contributed by atoms with Crippen molar-refractivity contribution in [1.29, 1.82) is 0 Å². The lowest BCUT2D eigenvalue weighted by atomic mass is 9.99. The summed E-state index contributed by atoms with van der Waals surface area (Å²) in [6, 6.07) is 153. The van der Waals surface area contributed by atoms with E-state index in [4.69, 9.17) is 9.47 Å². The van der Waals surface area contributed by atoms with Crippen molar-refractivity contribution in [2.24, 2.45) is 0 Å². The fraction of sp³-hybridized carbons (Fsp3) is 0.0164. The number of ether oxygens (including phenoxy) is 2. The lowest BCUT2D eigenvalue weighted by Gasteiger charge is -2.23. The van der Waals surface area contributed by atoms with Crippen molar-refractivity contribution in [1.82, 2.24) is 0 Å². The first kappa shape index (κ1) is 80.8. The summed E-state index contributed by atoms with van der Waals surface area (Å²) in [5.74, 6) is 3.51. The lowest BCUT2D eigenvalue weighted by molar-refractivity contribution is 0.481. The van der Waals surface area contributed by atoms with Gasteiger partial charge >= 0.3 is 0 Å². The zero-order valence-corrected chi connectivity index (χ0v) is 74.1. The Morgan fingerprint density at radius 2 is 0.383 bits per heavy atom. The van der Waals surface area contributed by atoms with Gasteiger partial charge in [-0.3, -0.25) is 0 Å². The summed E-state index contributed by atoms with van der Waals surface area (Å²) in [4.78, 5) is 5.18. The Morgan fingerprint density at radius 1 is 0.150 bits per heavy atom. The van der Waals surface area contributed by atoms with Crippen molar-refractivity contribution in [3.8, 4) is 23.0 Å². The first-order valence-electron chi connectivity index (χ1n) is 45.0. The molecular formula is C122H87N7O2S2. The van der Waals surface area contributed by atoms with Crippen molar-refractivity contribution >= 4 is 214 Å². The minimum atomic E-state index is 0.876. The maximum Gasteiger partial charge on any atom is 0.151 e. The second-order valence-corrected chi connectivity index (χ2v) is 35.8. The number of hydrogen-bond acceptors (Lipinski definition) is 11. The van der Waals surface area contributed by atoms with Crippen LogP contribution < -0.4 is 46.7 Å². The molecule has 0 unspecified atom stereocenters. The van der Waals surface area contributed by atoms with E-state index in [-0.39, 0.29) is 0 Å². The maximum absolute atomic E-state index is 6.13. The monoisotopic (exact) mass is 1750 g/mol. The molecule has 7 aliphatic rings. The van der Waals surface area contributed by atoms with Crippen LogP contribution in [0.2, 0.25) is 0 Å². The number of benzene rings is 22. The molecular weight excluding hydrogens is 1660 g/mol. The lowest BCUT2D eigenvalue weighted by Crippen LogP contribution is -2.02. The molecule has 22 aromatic carbocycles. The molecule has 634 valence electrons. The summed E-state index contributed by atoms with van der Waals surface area (Å²) < 4.78 is 11.8. The van der Waals surface area contributed by atoms with Crippen LogP contribution in [0.5, 0.6) is 23.0 Å². The molecule has 0 saturated heterocycles. The van der Waals surface area contributed by atoms with Crippen LogP contribution in [0.1, 0.15) is 33.4 Å². The minimum absolute atomic E-state index is 0.876. The molecule has 133 heavy (non-hydrogen) atoms. The van der Waals surface area contributed by atoms with E-state index in [0.29, 0.717) is 0 Å². The molecule has 0 aliphatic carbocycles. The second-order valence-electron chi connectivity index (χ2n) is 33.7. The first-order chi connectivity index (χ1) is 65.8. The Morgan fingerprint density at radius 3 is 0.782 bits per heavy atom. The van der Waals surface area contributed by atoms with Crippen LogP contribution in [0.15, 0.2) is 456 Å². The average molecular weight is 1750 g/mol. The number of nitrogens with one attached hydrogen (secondary N) is 7. The van der Waals surface area contributed by atoms with Crippen LogP contribution in [-0.2, 0) is 12.8 Å². The molecule has 22 aromatic rings. The van der Waals surface area contributed by atoms with Crippen LogP contribution >= 0.6 is 23.5 Å². The summed E-state index contributed by atoms with van der Waals surface area (Å²) in [7, 11) is 0. The maximum atomic E-state index is 6.13. The molecule has 0 amide bonds. The highest BCUT2D eigenvalue weighted by molar-refractivity contribution is 8.00. The number of aryl methyl sites for hydroxylation is 2. The van der Waals surface area contributed by atoms with Gasteiger partial charge in [0.05, 0.1) is 45.5 Å². The van der Waals surface area contributed by atoms with Crippen LogP contribution in [-0.4, -0.2) is 0 Å². The molecule has 0 aromatic heterocycles. The highest BCUT2D eigenvalue weighted by Crippen LogP contribution is 2.50. The van der Waals surface area contributed by atoms with Gasteiger partial charge in [-0.25, -0.2) is 0 Å². The Labute approximate surface area is 780 Å². The summed E-state index contributed by atoms with van der Waals surface area (Å²) in [6.45, 7) is 0. The first-order valence-corrected chi connectivity index (χ1v) is 46.6. The second kappa shape index (κ2) is 36.1. The van der Waals surface area contributed by atoms with E-state index in [1.807, 2.05) is 96.3 Å². The molecule has 11 heteroatoms. The van der Waals surface area contributed by atoms with Gasteiger partial charge < -0.3 is 46.7 Å². The summed E-state index contributed by atoms with van der Waals surface area (Å²) >= 11 is 3.67. The number of fused-ring (bicyclic) bond motifs is 22. The predicted octanol–water partition coefficient (Wildman–Crippen LogP) is 35.4. The Bertz CT molecular complexity index is 7380. The smallest absolute Gasteiger partial charge is 0.151 e. The Hall–Kier alpha value is -16.7. The van der Waals surface area contributed by atoms with Gasteiger partial charge in [0.15, 0.2) is 23.0 Å². The van der Waals surface area contributed by atoms with Crippen molar-refractivity contribution in [2.75, 3.05) is 37.2 Å². The molecule has 7 heterocycles. The molecule has 9 nitrogen and oxygen atoms in total. The largest absolute Gasteiger partial charge is 0.453 e. The van der Waals surface area contributed by atoms with Gasteiger partial charge in [-0.2, -0.15) is 0 Å². The van der Waals surface area contributed by atoms with Crippen LogP contribution in [0.25, 0.3) is 110 Å². The van der Waals surface area contributed by atoms with Crippen LogP contribution in [0.3, 0.4) is 0 Å². The van der Waals surface area contributed by atoms with Gasteiger partial charge in [0, 0.05) is 53.7 Å². The number of hydrogen-bond donors (Lipinski definition) is 7. The van der Waals surface area contributed by atoms with Crippen molar-refractivity contribution in [3.05, 3.63) is 470 Å². The zero-order valence-electron chi connectivity index (χ0n) is 72.4. The van der Waals surface area contributed by atoms with Gasteiger partial charge in [0.25, 0.3) is 0 Å².